The van der Waals surface area contributed by atoms with Gasteiger partial charge in [-0.25, -0.2) is 0 Å². The molecular formula is C20H28N4OS. The minimum absolute atomic E-state index is 0.0265. The molecule has 1 aliphatic carbocycles. The third-order valence-corrected chi connectivity index (χ3v) is 7.52. The van der Waals surface area contributed by atoms with Gasteiger partial charge in [0.25, 0.3) is 0 Å². The van der Waals surface area contributed by atoms with E-state index in [1.54, 1.807) is 11.3 Å². The molecule has 5 nitrogen and oxygen atoms in total. The highest BCUT2D eigenvalue weighted by Crippen LogP contribution is 2.40. The van der Waals surface area contributed by atoms with Gasteiger partial charge < -0.3 is 5.32 Å². The highest BCUT2D eigenvalue weighted by atomic mass is 32.1. The molecule has 0 bridgehead atoms. The van der Waals surface area contributed by atoms with Crippen LogP contribution in [0.4, 0.5) is 5.00 Å². The Bertz CT molecular complexity index is 722. The van der Waals surface area contributed by atoms with Crippen molar-refractivity contribution in [3.63, 3.8) is 0 Å². The molecule has 2 unspecified atom stereocenters. The summed E-state index contributed by atoms with van der Waals surface area (Å²) >= 11 is 1.63. The highest BCUT2D eigenvalue weighted by Gasteiger charge is 2.31. The standard InChI is InChI=1S/C20H28N4OS/c1-2-14-5-6-16-17(11-21)20(26-18(16)10-14)22-19(25)13-23-8-9-24-7-3-4-15(24)12-23/h14-15H,2-10,12-13H2,1H3,(H,22,25). The summed E-state index contributed by atoms with van der Waals surface area (Å²) in [7, 11) is 0. The summed E-state index contributed by atoms with van der Waals surface area (Å²) in [6.45, 7) is 6.94. The molecule has 2 atom stereocenters. The van der Waals surface area contributed by atoms with Gasteiger partial charge in [-0.05, 0) is 50.1 Å². The number of nitrogens with zero attached hydrogens (tertiary/aromatic N) is 3. The third kappa shape index (κ3) is 3.53. The molecule has 1 amide bonds. The summed E-state index contributed by atoms with van der Waals surface area (Å²) in [5, 5.41) is 13.4. The van der Waals surface area contributed by atoms with E-state index in [-0.39, 0.29) is 5.91 Å². The first-order chi connectivity index (χ1) is 12.7. The molecule has 2 fully saturated rings. The first-order valence-corrected chi connectivity index (χ1v) is 10.8. The average molecular weight is 373 g/mol. The summed E-state index contributed by atoms with van der Waals surface area (Å²) in [6.07, 6.45) is 6.93. The van der Waals surface area contributed by atoms with Gasteiger partial charge in [0.1, 0.15) is 11.1 Å². The molecule has 6 heteroatoms. The molecule has 140 valence electrons. The van der Waals surface area contributed by atoms with Crippen molar-refractivity contribution in [3.05, 3.63) is 16.0 Å². The van der Waals surface area contributed by atoms with Crippen LogP contribution in [0.25, 0.3) is 0 Å². The van der Waals surface area contributed by atoms with Gasteiger partial charge in [-0.15, -0.1) is 11.3 Å². The molecule has 1 N–H and O–H groups in total. The predicted molar refractivity (Wildman–Crippen MR) is 105 cm³/mol. The van der Waals surface area contributed by atoms with Gasteiger partial charge in [0.15, 0.2) is 0 Å². The largest absolute Gasteiger partial charge is 0.315 e. The number of carbonyl (C=O) groups excluding carboxylic acids is 1. The molecule has 4 rings (SSSR count). The topological polar surface area (TPSA) is 59.4 Å². The number of carbonyl (C=O) groups is 1. The van der Waals surface area contributed by atoms with Crippen molar-refractivity contribution in [2.75, 3.05) is 38.0 Å². The zero-order chi connectivity index (χ0) is 18.1. The number of hydrogen-bond acceptors (Lipinski definition) is 5. The summed E-state index contributed by atoms with van der Waals surface area (Å²) in [5.74, 6) is 0.748. The number of amides is 1. The summed E-state index contributed by atoms with van der Waals surface area (Å²) in [5.41, 5.74) is 1.91. The van der Waals surface area contributed by atoms with Crippen LogP contribution in [0, 0.1) is 17.2 Å². The zero-order valence-corrected chi connectivity index (χ0v) is 16.4. The number of nitriles is 1. The molecule has 2 aliphatic heterocycles. The van der Waals surface area contributed by atoms with E-state index in [1.807, 2.05) is 0 Å². The first kappa shape index (κ1) is 18.0. The van der Waals surface area contributed by atoms with Crippen molar-refractivity contribution in [1.82, 2.24) is 9.80 Å². The van der Waals surface area contributed by atoms with Gasteiger partial charge in [-0.1, -0.05) is 13.3 Å². The fourth-order valence-corrected chi connectivity index (χ4v) is 6.11. The molecule has 0 saturated carbocycles. The Morgan fingerprint density at radius 2 is 2.23 bits per heavy atom. The van der Waals surface area contributed by atoms with E-state index in [2.05, 4.69) is 28.1 Å². The molecule has 2 saturated heterocycles. The van der Waals surface area contributed by atoms with Crippen molar-refractivity contribution in [1.29, 1.82) is 5.26 Å². The van der Waals surface area contributed by atoms with Crippen molar-refractivity contribution in [2.24, 2.45) is 5.92 Å². The smallest absolute Gasteiger partial charge is 0.239 e. The van der Waals surface area contributed by atoms with E-state index in [9.17, 15) is 10.1 Å². The summed E-state index contributed by atoms with van der Waals surface area (Å²) in [6, 6.07) is 2.98. The van der Waals surface area contributed by atoms with Crippen LogP contribution in [-0.4, -0.2) is 54.5 Å². The molecule has 0 aromatic carbocycles. The Kier molecular flexibility index (Phi) is 5.30. The van der Waals surface area contributed by atoms with Crippen LogP contribution in [0.2, 0.25) is 0 Å². The SMILES string of the molecule is CCC1CCc2c(sc(NC(=O)CN3CCN4CCCC4C3)c2C#N)C1. The van der Waals surface area contributed by atoms with Crippen LogP contribution in [-0.2, 0) is 17.6 Å². The van der Waals surface area contributed by atoms with Crippen molar-refractivity contribution >= 4 is 22.2 Å². The van der Waals surface area contributed by atoms with Gasteiger partial charge in [0.2, 0.25) is 5.91 Å². The quantitative estimate of drug-likeness (QED) is 0.883. The Morgan fingerprint density at radius 3 is 3.04 bits per heavy atom. The molecule has 3 aliphatic rings. The maximum atomic E-state index is 12.6. The molecule has 26 heavy (non-hydrogen) atoms. The molecule has 0 radical (unpaired) electrons. The van der Waals surface area contributed by atoms with Gasteiger partial charge in [0.05, 0.1) is 12.1 Å². The van der Waals surface area contributed by atoms with Crippen LogP contribution in [0.15, 0.2) is 0 Å². The van der Waals surface area contributed by atoms with E-state index in [1.165, 1.54) is 36.2 Å². The lowest BCUT2D eigenvalue weighted by atomic mass is 9.86. The number of rotatable bonds is 4. The molecule has 0 spiro atoms. The highest BCUT2D eigenvalue weighted by molar-refractivity contribution is 7.16. The number of anilines is 1. The van der Waals surface area contributed by atoms with E-state index in [0.717, 1.165) is 49.8 Å². The second kappa shape index (κ2) is 7.67. The number of thiophene rings is 1. The fourth-order valence-electron chi connectivity index (χ4n) is 4.78. The lowest BCUT2D eigenvalue weighted by Crippen LogP contribution is -2.51. The Hall–Kier alpha value is -1.42. The minimum Gasteiger partial charge on any atom is -0.315 e. The van der Waals surface area contributed by atoms with Crippen LogP contribution in [0.1, 0.15) is 48.6 Å². The molecule has 1 aromatic rings. The number of hydrogen-bond donors (Lipinski definition) is 1. The maximum Gasteiger partial charge on any atom is 0.239 e. The van der Waals surface area contributed by atoms with E-state index < -0.39 is 0 Å². The second-order valence-electron chi connectivity index (χ2n) is 7.95. The third-order valence-electron chi connectivity index (χ3n) is 6.35. The van der Waals surface area contributed by atoms with Gasteiger partial charge in [-0.2, -0.15) is 5.26 Å². The average Bonchev–Trinajstić information content (AvgIpc) is 3.23. The Labute approximate surface area is 160 Å². The molecule has 1 aromatic heterocycles. The summed E-state index contributed by atoms with van der Waals surface area (Å²) < 4.78 is 0. The predicted octanol–water partition coefficient (Wildman–Crippen LogP) is 2.85. The first-order valence-electron chi connectivity index (χ1n) is 9.98. The molecule has 3 heterocycles. The fraction of sp³-hybridized carbons (Fsp3) is 0.700. The number of piperazine rings is 1. The minimum atomic E-state index is 0.0265. The Balaban J connectivity index is 1.40. The van der Waals surface area contributed by atoms with E-state index in [0.29, 0.717) is 18.2 Å². The maximum absolute atomic E-state index is 12.6. The van der Waals surface area contributed by atoms with E-state index >= 15 is 0 Å². The van der Waals surface area contributed by atoms with Crippen LogP contribution in [0.3, 0.4) is 0 Å². The normalized spacial score (nSPS) is 26.2. The Morgan fingerprint density at radius 1 is 1.35 bits per heavy atom. The lowest BCUT2D eigenvalue weighted by molar-refractivity contribution is -0.117. The van der Waals surface area contributed by atoms with E-state index in [4.69, 9.17) is 0 Å². The van der Waals surface area contributed by atoms with Crippen molar-refractivity contribution in [2.45, 2.75) is 51.5 Å². The monoisotopic (exact) mass is 372 g/mol. The van der Waals surface area contributed by atoms with Crippen LogP contribution < -0.4 is 5.32 Å². The van der Waals surface area contributed by atoms with Crippen molar-refractivity contribution < 1.29 is 4.79 Å². The van der Waals surface area contributed by atoms with Crippen LogP contribution in [0.5, 0.6) is 0 Å². The zero-order valence-electron chi connectivity index (χ0n) is 15.6. The second-order valence-corrected chi connectivity index (χ2v) is 9.06. The van der Waals surface area contributed by atoms with Gasteiger partial charge >= 0.3 is 0 Å². The lowest BCUT2D eigenvalue weighted by Gasteiger charge is -2.37. The van der Waals surface area contributed by atoms with Crippen molar-refractivity contribution in [3.8, 4) is 6.07 Å². The van der Waals surface area contributed by atoms with Crippen LogP contribution >= 0.6 is 11.3 Å². The summed E-state index contributed by atoms with van der Waals surface area (Å²) in [4.78, 5) is 18.7. The number of fused-ring (bicyclic) bond motifs is 2. The van der Waals surface area contributed by atoms with Gasteiger partial charge in [0, 0.05) is 30.6 Å². The number of nitrogens with one attached hydrogen (secondary N) is 1. The molecular weight excluding hydrogens is 344 g/mol. The van der Waals surface area contributed by atoms with Gasteiger partial charge in [-0.3, -0.25) is 14.6 Å².